The van der Waals surface area contributed by atoms with Crippen LogP contribution < -0.4 is 0 Å². The first-order valence-electron chi connectivity index (χ1n) is 9.36. The van der Waals surface area contributed by atoms with Crippen LogP contribution in [0.4, 0.5) is 13.2 Å². The van der Waals surface area contributed by atoms with Gasteiger partial charge in [0.1, 0.15) is 0 Å². The highest BCUT2D eigenvalue weighted by Gasteiger charge is 2.29. The van der Waals surface area contributed by atoms with Crippen molar-refractivity contribution in [2.45, 2.75) is 13.1 Å². The van der Waals surface area contributed by atoms with Crippen LogP contribution in [0.15, 0.2) is 72.8 Å². The molecule has 0 atom stereocenters. The van der Waals surface area contributed by atoms with Gasteiger partial charge in [0.25, 0.3) is 0 Å². The Kier molecular flexibility index (Phi) is 6.38. The molecule has 0 radical (unpaired) electrons. The summed E-state index contributed by atoms with van der Waals surface area (Å²) in [6.07, 6.45) is -1.07. The molecule has 152 valence electrons. The molecule has 0 heterocycles. The predicted molar refractivity (Wildman–Crippen MR) is 117 cm³/mol. The second-order valence-corrected chi connectivity index (χ2v) is 6.92. The Morgan fingerprint density at radius 3 is 1.87 bits per heavy atom. The summed E-state index contributed by atoms with van der Waals surface area (Å²) in [5.74, 6) is 0. The van der Waals surface area contributed by atoms with Crippen molar-refractivity contribution in [1.29, 1.82) is 5.26 Å². The number of nitrogens with zero attached hydrogens (tertiary/aromatic N) is 2. The van der Waals surface area contributed by atoms with Crippen molar-refractivity contribution >= 4 is 23.4 Å². The lowest BCUT2D eigenvalue weighted by Gasteiger charge is -2.07. The number of alkyl halides is 3. The van der Waals surface area contributed by atoms with Gasteiger partial charge in [-0.25, -0.2) is 4.85 Å². The summed E-state index contributed by atoms with van der Waals surface area (Å²) in [4.78, 5) is 3.61. The molecule has 3 aromatic carbocycles. The van der Waals surface area contributed by atoms with Crippen LogP contribution in [0.5, 0.6) is 0 Å². The highest BCUT2D eigenvalue weighted by molar-refractivity contribution is 5.91. The summed E-state index contributed by atoms with van der Waals surface area (Å²) in [7, 11) is 0. The molecule has 0 aliphatic rings. The highest BCUT2D eigenvalue weighted by atomic mass is 19.4. The van der Waals surface area contributed by atoms with Gasteiger partial charge in [-0.3, -0.25) is 0 Å². The zero-order valence-electron chi connectivity index (χ0n) is 16.6. The monoisotopic (exact) mass is 414 g/mol. The molecule has 0 saturated heterocycles. The summed E-state index contributed by atoms with van der Waals surface area (Å²) >= 11 is 0. The number of benzene rings is 3. The number of hydrogen-bond acceptors (Lipinski definition) is 1. The second kappa shape index (κ2) is 9.15. The van der Waals surface area contributed by atoms with E-state index < -0.39 is 11.7 Å². The van der Waals surface area contributed by atoms with E-state index in [2.05, 4.69) is 10.9 Å². The first-order chi connectivity index (χ1) is 14.8. The minimum absolute atomic E-state index is 0.318. The van der Waals surface area contributed by atoms with Gasteiger partial charge >= 0.3 is 6.18 Å². The maximum atomic E-state index is 12.7. The SMILES string of the molecule is [C-]#[N+]/C(=C\c1ccc(C)cc1)c1ccc(/C(C#N)=C/c2ccc(C(F)(F)F)cc2)cc1. The molecule has 0 aromatic heterocycles. The summed E-state index contributed by atoms with van der Waals surface area (Å²) in [5.41, 5.74) is 3.93. The summed E-state index contributed by atoms with van der Waals surface area (Å²) < 4.78 is 38.1. The molecule has 0 saturated carbocycles. The molecule has 0 spiro atoms. The fraction of sp³-hybridized carbons (Fsp3) is 0.0769. The smallest absolute Gasteiger partial charge is 0.238 e. The lowest BCUT2D eigenvalue weighted by Crippen LogP contribution is -2.03. The van der Waals surface area contributed by atoms with Gasteiger partial charge in [0, 0.05) is 0 Å². The van der Waals surface area contributed by atoms with Gasteiger partial charge in [0.05, 0.1) is 23.8 Å². The number of aryl methyl sites for hydroxylation is 1. The number of hydrogen-bond donors (Lipinski definition) is 0. The number of nitriles is 1. The molecule has 3 rings (SSSR count). The van der Waals surface area contributed by atoms with E-state index in [9.17, 15) is 18.4 Å². The Morgan fingerprint density at radius 2 is 1.35 bits per heavy atom. The van der Waals surface area contributed by atoms with Crippen molar-refractivity contribution in [2.24, 2.45) is 0 Å². The van der Waals surface area contributed by atoms with E-state index in [4.69, 9.17) is 6.57 Å². The Hall–Kier alpha value is -4.09. The molecule has 2 nitrogen and oxygen atoms in total. The van der Waals surface area contributed by atoms with Crippen LogP contribution in [0, 0.1) is 24.8 Å². The van der Waals surface area contributed by atoms with E-state index in [1.807, 2.05) is 31.2 Å². The highest BCUT2D eigenvalue weighted by Crippen LogP contribution is 2.30. The van der Waals surface area contributed by atoms with E-state index >= 15 is 0 Å². The molecular formula is C26H17F3N2. The van der Waals surface area contributed by atoms with Crippen LogP contribution in [0.1, 0.15) is 33.4 Å². The van der Waals surface area contributed by atoms with E-state index in [0.717, 1.165) is 23.3 Å². The van der Waals surface area contributed by atoms with Crippen LogP contribution in [0.2, 0.25) is 0 Å². The molecule has 0 aliphatic carbocycles. The van der Waals surface area contributed by atoms with E-state index in [1.165, 1.54) is 18.2 Å². The number of allylic oxidation sites excluding steroid dienone is 1. The number of halogens is 3. The third kappa shape index (κ3) is 5.50. The molecule has 0 unspecified atom stereocenters. The van der Waals surface area contributed by atoms with E-state index in [1.54, 1.807) is 30.3 Å². The minimum atomic E-state index is -4.40. The second-order valence-electron chi connectivity index (χ2n) is 6.92. The van der Waals surface area contributed by atoms with Crippen molar-refractivity contribution in [3.8, 4) is 6.07 Å². The molecule has 0 bridgehead atoms. The van der Waals surface area contributed by atoms with Gasteiger partial charge in [0.2, 0.25) is 0 Å². The van der Waals surface area contributed by atoms with Gasteiger partial charge < -0.3 is 0 Å². The van der Waals surface area contributed by atoms with Gasteiger partial charge in [-0.1, -0.05) is 66.2 Å². The average Bonchev–Trinajstić information content (AvgIpc) is 2.77. The fourth-order valence-electron chi connectivity index (χ4n) is 2.94. The third-order valence-corrected chi connectivity index (χ3v) is 4.66. The van der Waals surface area contributed by atoms with Crippen molar-refractivity contribution in [3.63, 3.8) is 0 Å². The van der Waals surface area contributed by atoms with Crippen molar-refractivity contribution in [2.75, 3.05) is 0 Å². The summed E-state index contributed by atoms with van der Waals surface area (Å²) in [5, 5.41) is 9.51. The number of rotatable bonds is 4. The molecular weight excluding hydrogens is 397 g/mol. The van der Waals surface area contributed by atoms with Gasteiger partial charge in [-0.2, -0.15) is 18.4 Å². The Bertz CT molecular complexity index is 1200. The van der Waals surface area contributed by atoms with Gasteiger partial charge in [-0.05, 0) is 53.5 Å². The maximum Gasteiger partial charge on any atom is 0.416 e. The van der Waals surface area contributed by atoms with Gasteiger partial charge in [-0.15, -0.1) is 0 Å². The Balaban J connectivity index is 1.86. The maximum absolute atomic E-state index is 12.7. The zero-order valence-corrected chi connectivity index (χ0v) is 16.6. The average molecular weight is 414 g/mol. The quantitative estimate of drug-likeness (QED) is 0.247. The van der Waals surface area contributed by atoms with Gasteiger partial charge in [0.15, 0.2) is 5.70 Å². The van der Waals surface area contributed by atoms with Crippen LogP contribution >= 0.6 is 0 Å². The molecule has 31 heavy (non-hydrogen) atoms. The van der Waals surface area contributed by atoms with Crippen LogP contribution in [-0.2, 0) is 6.18 Å². The summed E-state index contributed by atoms with van der Waals surface area (Å²) in [6.45, 7) is 9.48. The zero-order chi connectivity index (χ0) is 22.4. The molecule has 3 aromatic rings. The Labute approximate surface area is 179 Å². The fourth-order valence-corrected chi connectivity index (χ4v) is 2.94. The van der Waals surface area contributed by atoms with E-state index in [-0.39, 0.29) is 0 Å². The van der Waals surface area contributed by atoms with Crippen LogP contribution in [-0.4, -0.2) is 0 Å². The van der Waals surface area contributed by atoms with E-state index in [0.29, 0.717) is 28.0 Å². The molecule has 0 fully saturated rings. The van der Waals surface area contributed by atoms with Crippen LogP contribution in [0.3, 0.4) is 0 Å². The molecule has 0 N–H and O–H groups in total. The predicted octanol–water partition coefficient (Wildman–Crippen LogP) is 7.50. The molecule has 0 aliphatic heterocycles. The summed E-state index contributed by atoms with van der Waals surface area (Å²) in [6, 6.07) is 21.5. The lowest BCUT2D eigenvalue weighted by molar-refractivity contribution is -0.137. The third-order valence-electron chi connectivity index (χ3n) is 4.66. The topological polar surface area (TPSA) is 28.1 Å². The minimum Gasteiger partial charge on any atom is -0.238 e. The van der Waals surface area contributed by atoms with Crippen molar-refractivity contribution in [3.05, 3.63) is 118 Å². The normalized spacial score (nSPS) is 12.2. The lowest BCUT2D eigenvalue weighted by atomic mass is 10.0. The first kappa shape index (κ1) is 21.6. The largest absolute Gasteiger partial charge is 0.416 e. The Morgan fingerprint density at radius 1 is 0.839 bits per heavy atom. The van der Waals surface area contributed by atoms with Crippen molar-refractivity contribution < 1.29 is 13.2 Å². The standard InChI is InChI=1S/C26H17F3N2/c1-18-3-5-20(6-4-18)16-25(31-2)22-11-9-21(10-12-22)23(17-30)15-19-7-13-24(14-8-19)26(27,28)29/h3-16H,1H3/b23-15+,25-16-. The van der Waals surface area contributed by atoms with Crippen molar-refractivity contribution in [1.82, 2.24) is 0 Å². The molecule has 0 amide bonds. The van der Waals surface area contributed by atoms with Crippen LogP contribution in [0.25, 0.3) is 28.3 Å². The first-order valence-corrected chi connectivity index (χ1v) is 9.36. The molecule has 5 heteroatoms.